The van der Waals surface area contributed by atoms with Gasteiger partial charge in [0.2, 0.25) is 0 Å². The molecule has 2 rings (SSSR count). The summed E-state index contributed by atoms with van der Waals surface area (Å²) in [5, 5.41) is 7.23. The number of hydrogen-bond acceptors (Lipinski definition) is 4. The van der Waals surface area contributed by atoms with Gasteiger partial charge in [0.05, 0.1) is 11.9 Å². The molecule has 0 amide bonds. The van der Waals surface area contributed by atoms with Gasteiger partial charge in [0.15, 0.2) is 0 Å². The van der Waals surface area contributed by atoms with Gasteiger partial charge in [-0.1, -0.05) is 6.92 Å². The summed E-state index contributed by atoms with van der Waals surface area (Å²) < 4.78 is 30.7. The summed E-state index contributed by atoms with van der Waals surface area (Å²) in [7, 11) is -1.75. The Balaban J connectivity index is 2.19. The minimum atomic E-state index is -3.59. The Bertz CT molecular complexity index is 702. The van der Waals surface area contributed by atoms with E-state index in [0.29, 0.717) is 18.8 Å². The molecule has 0 bridgehead atoms. The van der Waals surface area contributed by atoms with Gasteiger partial charge >= 0.3 is 0 Å². The van der Waals surface area contributed by atoms with Crippen molar-refractivity contribution in [1.29, 1.82) is 0 Å². The van der Waals surface area contributed by atoms with E-state index in [0.717, 1.165) is 12.2 Å². The normalized spacial score (nSPS) is 11.8. The predicted molar refractivity (Wildman–Crippen MR) is 81.5 cm³/mol. The quantitative estimate of drug-likeness (QED) is 0.804. The molecule has 21 heavy (non-hydrogen) atoms. The third-order valence-corrected chi connectivity index (χ3v) is 4.51. The molecule has 0 aromatic carbocycles. The van der Waals surface area contributed by atoms with E-state index in [2.05, 4.69) is 15.1 Å². The second kappa shape index (κ2) is 6.31. The summed E-state index contributed by atoms with van der Waals surface area (Å²) in [5.41, 5.74) is 1.38. The number of anilines is 1. The fraction of sp³-hybridized carbons (Fsp3) is 0.462. The first-order chi connectivity index (χ1) is 9.96. The van der Waals surface area contributed by atoms with Crippen molar-refractivity contribution < 1.29 is 8.42 Å². The molecule has 0 aliphatic rings. The van der Waals surface area contributed by atoms with Crippen LogP contribution in [0.3, 0.4) is 0 Å². The zero-order valence-electron chi connectivity index (χ0n) is 12.5. The van der Waals surface area contributed by atoms with Crippen molar-refractivity contribution >= 4 is 15.7 Å². The van der Waals surface area contributed by atoms with Crippen molar-refractivity contribution in [3.63, 3.8) is 0 Å². The van der Waals surface area contributed by atoms with Crippen LogP contribution in [-0.2, 0) is 30.2 Å². The minimum Gasteiger partial charge on any atom is -0.352 e. The van der Waals surface area contributed by atoms with Crippen LogP contribution in [0.5, 0.6) is 0 Å². The minimum absolute atomic E-state index is 0.252. The zero-order valence-corrected chi connectivity index (χ0v) is 13.3. The number of aromatic nitrogens is 3. The molecule has 116 valence electrons. The van der Waals surface area contributed by atoms with Crippen LogP contribution in [0, 0.1) is 0 Å². The van der Waals surface area contributed by atoms with Gasteiger partial charge in [0.1, 0.15) is 4.90 Å². The highest BCUT2D eigenvalue weighted by molar-refractivity contribution is 7.92. The van der Waals surface area contributed by atoms with E-state index >= 15 is 0 Å². The number of aryl methyl sites for hydroxylation is 2. The lowest BCUT2D eigenvalue weighted by Crippen LogP contribution is -2.14. The van der Waals surface area contributed by atoms with Gasteiger partial charge in [0.25, 0.3) is 10.0 Å². The van der Waals surface area contributed by atoms with Gasteiger partial charge in [-0.2, -0.15) is 5.10 Å². The summed E-state index contributed by atoms with van der Waals surface area (Å²) >= 11 is 0. The highest BCUT2D eigenvalue weighted by Gasteiger charge is 2.18. The maximum atomic E-state index is 12.4. The smallest absolute Gasteiger partial charge is 0.263 e. The second-order valence-electron chi connectivity index (χ2n) is 4.75. The first-order valence-electron chi connectivity index (χ1n) is 6.87. The molecule has 0 unspecified atom stereocenters. The molecule has 0 radical (unpaired) electrons. The first kappa shape index (κ1) is 15.6. The number of hydrogen-bond donors (Lipinski definition) is 2. The molecule has 7 nitrogen and oxygen atoms in total. The molecule has 0 atom stereocenters. The number of sulfonamides is 1. The summed E-state index contributed by atoms with van der Waals surface area (Å²) in [6.45, 7) is 6.11. The van der Waals surface area contributed by atoms with Gasteiger partial charge in [0, 0.05) is 38.2 Å². The van der Waals surface area contributed by atoms with Gasteiger partial charge in [-0.05, 0) is 19.5 Å². The standard InChI is InChI=1S/C13H21N5O2S/c1-4-14-8-12-6-13(10-17(12)3)21(19,20)16-11-7-15-18(5-2)9-11/h6-7,9-10,14,16H,4-5,8H2,1-3H3. The Morgan fingerprint density at radius 3 is 2.67 bits per heavy atom. The molecule has 2 aromatic rings. The fourth-order valence-electron chi connectivity index (χ4n) is 1.96. The lowest BCUT2D eigenvalue weighted by molar-refractivity contribution is 0.601. The number of nitrogens with one attached hydrogen (secondary N) is 2. The molecule has 2 heterocycles. The monoisotopic (exact) mass is 311 g/mol. The number of nitrogens with zero attached hydrogens (tertiary/aromatic N) is 3. The summed E-state index contributed by atoms with van der Waals surface area (Å²) in [5.74, 6) is 0. The SMILES string of the molecule is CCNCc1cc(S(=O)(=O)Nc2cnn(CC)c2)cn1C. The van der Waals surface area contributed by atoms with Gasteiger partial charge < -0.3 is 9.88 Å². The van der Waals surface area contributed by atoms with Crippen molar-refractivity contribution in [3.05, 3.63) is 30.4 Å². The van der Waals surface area contributed by atoms with Crippen LogP contribution in [0.15, 0.2) is 29.6 Å². The van der Waals surface area contributed by atoms with E-state index in [9.17, 15) is 8.42 Å². The molecule has 2 aromatic heterocycles. The van der Waals surface area contributed by atoms with Crippen molar-refractivity contribution in [2.24, 2.45) is 7.05 Å². The Labute approximate surface area is 125 Å². The van der Waals surface area contributed by atoms with Crippen molar-refractivity contribution in [2.75, 3.05) is 11.3 Å². The molecule has 0 saturated carbocycles. The Morgan fingerprint density at radius 2 is 2.05 bits per heavy atom. The largest absolute Gasteiger partial charge is 0.352 e. The molecule has 0 aliphatic heterocycles. The van der Waals surface area contributed by atoms with Crippen LogP contribution >= 0.6 is 0 Å². The topological polar surface area (TPSA) is 81.0 Å². The third kappa shape index (κ3) is 3.64. The van der Waals surface area contributed by atoms with E-state index in [-0.39, 0.29) is 4.90 Å². The Hall–Kier alpha value is -1.80. The molecule has 0 spiro atoms. The Kier molecular flexibility index (Phi) is 4.69. The van der Waals surface area contributed by atoms with Crippen molar-refractivity contribution in [2.45, 2.75) is 31.8 Å². The van der Waals surface area contributed by atoms with E-state index in [1.54, 1.807) is 23.1 Å². The van der Waals surface area contributed by atoms with Crippen LogP contribution < -0.4 is 10.0 Å². The molecule has 2 N–H and O–H groups in total. The maximum Gasteiger partial charge on any atom is 0.263 e. The van der Waals surface area contributed by atoms with Gasteiger partial charge in [-0.3, -0.25) is 9.40 Å². The average Bonchev–Trinajstić information content (AvgIpc) is 3.03. The van der Waals surface area contributed by atoms with Crippen LogP contribution in [-0.4, -0.2) is 29.3 Å². The van der Waals surface area contributed by atoms with Gasteiger partial charge in [-0.15, -0.1) is 0 Å². The highest BCUT2D eigenvalue weighted by Crippen LogP contribution is 2.17. The third-order valence-electron chi connectivity index (χ3n) is 3.16. The second-order valence-corrected chi connectivity index (χ2v) is 6.43. The fourth-order valence-corrected chi connectivity index (χ4v) is 3.08. The van der Waals surface area contributed by atoms with Crippen molar-refractivity contribution in [1.82, 2.24) is 19.7 Å². The summed E-state index contributed by atoms with van der Waals surface area (Å²) in [6, 6.07) is 1.68. The first-order valence-corrected chi connectivity index (χ1v) is 8.35. The Morgan fingerprint density at radius 1 is 1.29 bits per heavy atom. The van der Waals surface area contributed by atoms with Crippen molar-refractivity contribution in [3.8, 4) is 0 Å². The molecule has 0 fully saturated rings. The van der Waals surface area contributed by atoms with E-state index in [1.165, 1.54) is 6.20 Å². The van der Waals surface area contributed by atoms with Crippen LogP contribution in [0.2, 0.25) is 0 Å². The predicted octanol–water partition coefficient (Wildman–Crippen LogP) is 1.15. The zero-order chi connectivity index (χ0) is 15.5. The van der Waals surface area contributed by atoms with E-state index < -0.39 is 10.0 Å². The number of rotatable bonds is 7. The molecular formula is C13H21N5O2S. The van der Waals surface area contributed by atoms with E-state index in [4.69, 9.17) is 0 Å². The van der Waals surface area contributed by atoms with E-state index in [1.807, 2.05) is 25.5 Å². The summed E-state index contributed by atoms with van der Waals surface area (Å²) in [6.07, 6.45) is 4.78. The molecular weight excluding hydrogens is 290 g/mol. The molecule has 0 aliphatic carbocycles. The van der Waals surface area contributed by atoms with Crippen LogP contribution in [0.4, 0.5) is 5.69 Å². The van der Waals surface area contributed by atoms with Crippen LogP contribution in [0.25, 0.3) is 0 Å². The lowest BCUT2D eigenvalue weighted by Gasteiger charge is -2.02. The molecule has 8 heteroatoms. The maximum absolute atomic E-state index is 12.4. The van der Waals surface area contributed by atoms with Crippen LogP contribution in [0.1, 0.15) is 19.5 Å². The molecule has 0 saturated heterocycles. The summed E-state index contributed by atoms with van der Waals surface area (Å²) in [4.78, 5) is 0.252. The van der Waals surface area contributed by atoms with Gasteiger partial charge in [-0.25, -0.2) is 8.42 Å². The highest BCUT2D eigenvalue weighted by atomic mass is 32.2. The lowest BCUT2D eigenvalue weighted by atomic mass is 10.4. The average molecular weight is 311 g/mol.